The first-order valence-corrected chi connectivity index (χ1v) is 11.0. The zero-order chi connectivity index (χ0) is 18.2. The lowest BCUT2D eigenvalue weighted by atomic mass is 10.3. The van der Waals surface area contributed by atoms with Crippen LogP contribution in [0.1, 0.15) is 20.3 Å². The molecule has 0 spiro atoms. The number of carbonyl (C=O) groups is 1. The minimum atomic E-state index is -2.92. The van der Waals surface area contributed by atoms with Gasteiger partial charge in [-0.15, -0.1) is 0 Å². The van der Waals surface area contributed by atoms with Crippen LogP contribution in [0.15, 0.2) is 30.3 Å². The fourth-order valence-corrected chi connectivity index (χ4v) is 6.61. The SMILES string of the molecule is CCC(C)SP(=O)(NC)N(C)C(=S)COC(=O)Oc1ccccc1. The molecule has 0 amide bonds. The second-order valence-corrected chi connectivity index (χ2v) is 10.6. The minimum Gasteiger partial charge on any atom is -0.427 e. The summed E-state index contributed by atoms with van der Waals surface area (Å²) in [5.74, 6) is 0.384. The molecule has 0 saturated carbocycles. The van der Waals surface area contributed by atoms with Crippen molar-refractivity contribution in [3.63, 3.8) is 0 Å². The van der Waals surface area contributed by atoms with Gasteiger partial charge in [0.2, 0.25) is 0 Å². The molecule has 0 aliphatic carbocycles. The Labute approximate surface area is 152 Å². The summed E-state index contributed by atoms with van der Waals surface area (Å²) in [5, 5.41) is 3.04. The first-order chi connectivity index (χ1) is 11.3. The van der Waals surface area contributed by atoms with Crippen LogP contribution in [0.2, 0.25) is 0 Å². The van der Waals surface area contributed by atoms with E-state index < -0.39 is 12.8 Å². The van der Waals surface area contributed by atoms with Crippen molar-refractivity contribution in [2.24, 2.45) is 0 Å². The van der Waals surface area contributed by atoms with E-state index >= 15 is 0 Å². The summed E-state index contributed by atoms with van der Waals surface area (Å²) in [4.78, 5) is 11.9. The molecule has 2 atom stereocenters. The molecule has 0 aliphatic heterocycles. The van der Waals surface area contributed by atoms with Crippen molar-refractivity contribution in [1.82, 2.24) is 9.76 Å². The van der Waals surface area contributed by atoms with E-state index in [1.807, 2.05) is 19.9 Å². The molecule has 0 aliphatic rings. The van der Waals surface area contributed by atoms with E-state index in [0.717, 1.165) is 6.42 Å². The van der Waals surface area contributed by atoms with E-state index in [1.54, 1.807) is 38.4 Å². The molecule has 1 rings (SSSR count). The number of hydrogen-bond donors (Lipinski definition) is 1. The summed E-state index contributed by atoms with van der Waals surface area (Å²) in [7, 11) is 3.25. The van der Waals surface area contributed by atoms with Gasteiger partial charge >= 0.3 is 6.16 Å². The normalized spacial score (nSPS) is 14.3. The molecule has 1 N–H and O–H groups in total. The Kier molecular flexibility index (Phi) is 8.76. The van der Waals surface area contributed by atoms with Gasteiger partial charge < -0.3 is 9.47 Å². The van der Waals surface area contributed by atoms with Gasteiger partial charge in [0.05, 0.1) is 0 Å². The predicted octanol–water partition coefficient (Wildman–Crippen LogP) is 4.32. The van der Waals surface area contributed by atoms with Gasteiger partial charge in [-0.1, -0.05) is 55.6 Å². The molecule has 0 aromatic heterocycles. The first kappa shape index (κ1) is 21.0. The number of hydrogen-bond acceptors (Lipinski definition) is 6. The van der Waals surface area contributed by atoms with Crippen LogP contribution in [0.4, 0.5) is 4.79 Å². The molecule has 2 unspecified atom stereocenters. The molecule has 0 saturated heterocycles. The van der Waals surface area contributed by atoms with Crippen LogP contribution in [0.3, 0.4) is 0 Å². The third kappa shape index (κ3) is 6.43. The standard InChI is InChI=1S/C15H23N2O4PS2/c1-5-12(2)24-22(19,16-3)17(4)14(23)11-20-15(18)21-13-9-7-6-8-10-13/h6-10,12H,5,11H2,1-4H3,(H,16,19). The van der Waals surface area contributed by atoms with Gasteiger partial charge in [-0.3, -0.25) is 9.24 Å². The van der Waals surface area contributed by atoms with Gasteiger partial charge in [-0.25, -0.2) is 9.88 Å². The van der Waals surface area contributed by atoms with Crippen LogP contribution >= 0.6 is 30.2 Å². The average molecular weight is 390 g/mol. The van der Waals surface area contributed by atoms with Crippen molar-refractivity contribution >= 4 is 41.4 Å². The molecule has 1 aromatic rings. The molecule has 9 heteroatoms. The van der Waals surface area contributed by atoms with Gasteiger partial charge in [0.15, 0.2) is 0 Å². The molecular weight excluding hydrogens is 367 g/mol. The van der Waals surface area contributed by atoms with Crippen LogP contribution in [0.5, 0.6) is 5.75 Å². The summed E-state index contributed by atoms with van der Waals surface area (Å²) in [6, 6.07) is 8.59. The Morgan fingerprint density at radius 1 is 1.42 bits per heavy atom. The van der Waals surface area contributed by atoms with Crippen molar-refractivity contribution in [3.05, 3.63) is 30.3 Å². The Morgan fingerprint density at radius 2 is 2.04 bits per heavy atom. The number of carbonyl (C=O) groups excluding carboxylic acids is 1. The Balaban J connectivity index is 2.56. The summed E-state index contributed by atoms with van der Waals surface area (Å²) in [5.41, 5.74) is 0. The summed E-state index contributed by atoms with van der Waals surface area (Å²) < 4.78 is 24.4. The van der Waals surface area contributed by atoms with Gasteiger partial charge in [0, 0.05) is 12.3 Å². The van der Waals surface area contributed by atoms with Crippen molar-refractivity contribution in [2.75, 3.05) is 20.7 Å². The van der Waals surface area contributed by atoms with E-state index in [2.05, 4.69) is 5.09 Å². The second kappa shape index (κ2) is 10.0. The van der Waals surface area contributed by atoms with Gasteiger partial charge in [-0.05, 0) is 25.6 Å². The van der Waals surface area contributed by atoms with Crippen LogP contribution in [-0.2, 0) is 9.30 Å². The summed E-state index contributed by atoms with van der Waals surface area (Å²) in [6.45, 7) is 0.930. The average Bonchev–Trinajstić information content (AvgIpc) is 2.59. The minimum absolute atomic E-state index is 0.176. The molecule has 0 fully saturated rings. The summed E-state index contributed by atoms with van der Waals surface area (Å²) in [6.07, 6.45) is 0.0300. The maximum absolute atomic E-state index is 12.9. The highest BCUT2D eigenvalue weighted by Crippen LogP contribution is 2.59. The predicted molar refractivity (Wildman–Crippen MR) is 103 cm³/mol. The molecule has 134 valence electrons. The first-order valence-electron chi connectivity index (χ1n) is 7.46. The number of rotatable bonds is 8. The van der Waals surface area contributed by atoms with Crippen molar-refractivity contribution < 1.29 is 18.8 Å². The molecule has 6 nitrogen and oxygen atoms in total. The number of likely N-dealkylation sites (N-methyl/N-ethyl adjacent to an activating group) is 1. The third-order valence-corrected chi connectivity index (χ3v) is 9.52. The molecule has 0 bridgehead atoms. The van der Waals surface area contributed by atoms with Crippen molar-refractivity contribution in [1.29, 1.82) is 0 Å². The van der Waals surface area contributed by atoms with E-state index in [9.17, 15) is 9.36 Å². The lowest BCUT2D eigenvalue weighted by Gasteiger charge is -2.30. The quantitative estimate of drug-likeness (QED) is 0.305. The molecule has 1 aromatic carbocycles. The topological polar surface area (TPSA) is 67.9 Å². The largest absolute Gasteiger partial charge is 0.514 e. The Hall–Kier alpha value is -1.08. The summed E-state index contributed by atoms with van der Waals surface area (Å²) >= 11 is 6.56. The highest BCUT2D eigenvalue weighted by atomic mass is 32.7. The number of thiocarbonyl (C=S) groups is 1. The number of nitrogens with one attached hydrogen (secondary N) is 1. The smallest absolute Gasteiger partial charge is 0.427 e. The lowest BCUT2D eigenvalue weighted by molar-refractivity contribution is 0.112. The van der Waals surface area contributed by atoms with Gasteiger partial charge in [-0.2, -0.15) is 0 Å². The number of ether oxygens (including phenoxy) is 2. The van der Waals surface area contributed by atoms with Crippen LogP contribution < -0.4 is 9.82 Å². The molecule has 0 radical (unpaired) electrons. The van der Waals surface area contributed by atoms with Crippen LogP contribution in [0, 0.1) is 0 Å². The number of benzene rings is 1. The van der Waals surface area contributed by atoms with E-state index in [0.29, 0.717) is 5.75 Å². The fourth-order valence-electron chi connectivity index (χ4n) is 1.57. The van der Waals surface area contributed by atoms with Crippen LogP contribution in [0.25, 0.3) is 0 Å². The molecular formula is C15H23N2O4PS2. The Bertz CT molecular complexity index is 600. The Morgan fingerprint density at radius 3 is 2.58 bits per heavy atom. The number of nitrogens with zero attached hydrogens (tertiary/aromatic N) is 1. The van der Waals surface area contributed by atoms with E-state index in [-0.39, 0.29) is 16.8 Å². The van der Waals surface area contributed by atoms with Gasteiger partial charge in [0.1, 0.15) is 17.3 Å². The van der Waals surface area contributed by atoms with E-state index in [4.69, 9.17) is 21.7 Å². The fraction of sp³-hybridized carbons (Fsp3) is 0.467. The highest BCUT2D eigenvalue weighted by molar-refractivity contribution is 8.57. The van der Waals surface area contributed by atoms with Crippen molar-refractivity contribution in [2.45, 2.75) is 25.5 Å². The van der Waals surface area contributed by atoms with Gasteiger partial charge in [0.25, 0.3) is 6.65 Å². The lowest BCUT2D eigenvalue weighted by Crippen LogP contribution is -2.31. The van der Waals surface area contributed by atoms with E-state index in [1.165, 1.54) is 16.1 Å². The zero-order valence-corrected chi connectivity index (χ0v) is 16.7. The molecule has 0 heterocycles. The van der Waals surface area contributed by atoms with Crippen LogP contribution in [-0.4, -0.2) is 41.8 Å². The zero-order valence-electron chi connectivity index (χ0n) is 14.2. The highest BCUT2D eigenvalue weighted by Gasteiger charge is 2.31. The third-order valence-electron chi connectivity index (χ3n) is 3.19. The number of para-hydroxylation sites is 1. The maximum Gasteiger partial charge on any atom is 0.514 e. The second-order valence-electron chi connectivity index (χ2n) is 4.94. The maximum atomic E-state index is 12.9. The molecule has 24 heavy (non-hydrogen) atoms. The monoisotopic (exact) mass is 390 g/mol. The van der Waals surface area contributed by atoms with Crippen molar-refractivity contribution in [3.8, 4) is 5.75 Å².